The van der Waals surface area contributed by atoms with Crippen LogP contribution >= 0.6 is 0 Å². The van der Waals surface area contributed by atoms with Crippen molar-refractivity contribution < 1.29 is 9.90 Å². The van der Waals surface area contributed by atoms with E-state index in [0.717, 1.165) is 12.0 Å². The number of hydrogen-bond acceptors (Lipinski definition) is 2. The van der Waals surface area contributed by atoms with Gasteiger partial charge in [0.2, 0.25) is 0 Å². The number of aliphatic carboxylic acids is 1. The fraction of sp³-hybridized carbons (Fsp3) is 0.333. The molecule has 0 spiro atoms. The van der Waals surface area contributed by atoms with Crippen LogP contribution in [0.5, 0.6) is 0 Å². The van der Waals surface area contributed by atoms with E-state index in [1.807, 2.05) is 12.1 Å². The van der Waals surface area contributed by atoms with Crippen LogP contribution in [-0.2, 0) is 4.79 Å². The van der Waals surface area contributed by atoms with Crippen molar-refractivity contribution in [2.24, 2.45) is 5.92 Å². The molecule has 1 aromatic heterocycles. The SMILES string of the molecule is O=C(O)[C@H]1CC1c1ccncc1. The van der Waals surface area contributed by atoms with Crippen LogP contribution in [0.1, 0.15) is 17.9 Å². The van der Waals surface area contributed by atoms with Crippen molar-refractivity contribution in [2.75, 3.05) is 0 Å². The zero-order valence-corrected chi connectivity index (χ0v) is 6.47. The molecule has 1 unspecified atom stereocenters. The van der Waals surface area contributed by atoms with Crippen molar-refractivity contribution in [2.45, 2.75) is 12.3 Å². The molecule has 1 aliphatic rings. The van der Waals surface area contributed by atoms with Crippen LogP contribution < -0.4 is 0 Å². The van der Waals surface area contributed by atoms with E-state index in [0.29, 0.717) is 0 Å². The fourth-order valence-electron chi connectivity index (χ4n) is 1.45. The monoisotopic (exact) mass is 163 g/mol. The van der Waals surface area contributed by atoms with Gasteiger partial charge in [-0.05, 0) is 30.0 Å². The van der Waals surface area contributed by atoms with E-state index in [9.17, 15) is 4.79 Å². The van der Waals surface area contributed by atoms with Gasteiger partial charge in [-0.1, -0.05) is 0 Å². The Hall–Kier alpha value is -1.38. The average molecular weight is 163 g/mol. The van der Waals surface area contributed by atoms with Crippen LogP contribution in [0, 0.1) is 5.92 Å². The minimum Gasteiger partial charge on any atom is -0.481 e. The molecule has 0 saturated heterocycles. The Morgan fingerprint density at radius 2 is 2.17 bits per heavy atom. The Balaban J connectivity index is 2.11. The van der Waals surface area contributed by atoms with Crippen molar-refractivity contribution in [3.05, 3.63) is 30.1 Å². The largest absolute Gasteiger partial charge is 0.481 e. The second-order valence-corrected chi connectivity index (χ2v) is 3.07. The highest BCUT2D eigenvalue weighted by Crippen LogP contribution is 2.47. The molecular weight excluding hydrogens is 154 g/mol. The van der Waals surface area contributed by atoms with Gasteiger partial charge in [-0.2, -0.15) is 0 Å². The van der Waals surface area contributed by atoms with Gasteiger partial charge in [0.1, 0.15) is 0 Å². The Morgan fingerprint density at radius 1 is 1.50 bits per heavy atom. The lowest BCUT2D eigenvalue weighted by Crippen LogP contribution is -1.98. The van der Waals surface area contributed by atoms with Crippen LogP contribution in [0.2, 0.25) is 0 Å². The Kier molecular flexibility index (Phi) is 1.57. The number of rotatable bonds is 2. The molecule has 12 heavy (non-hydrogen) atoms. The van der Waals surface area contributed by atoms with E-state index in [1.54, 1.807) is 12.4 Å². The molecule has 3 heteroatoms. The second kappa shape index (κ2) is 2.59. The van der Waals surface area contributed by atoms with Gasteiger partial charge in [0.05, 0.1) is 5.92 Å². The van der Waals surface area contributed by atoms with Gasteiger partial charge >= 0.3 is 5.97 Å². The van der Waals surface area contributed by atoms with Gasteiger partial charge in [-0.15, -0.1) is 0 Å². The minimum absolute atomic E-state index is 0.160. The van der Waals surface area contributed by atoms with Gasteiger partial charge < -0.3 is 5.11 Å². The number of carboxylic acid groups (broad SMARTS) is 1. The maximum atomic E-state index is 10.5. The maximum absolute atomic E-state index is 10.5. The first-order chi connectivity index (χ1) is 5.79. The zero-order valence-electron chi connectivity index (χ0n) is 6.47. The summed E-state index contributed by atoms with van der Waals surface area (Å²) in [5, 5.41) is 8.67. The van der Waals surface area contributed by atoms with Crippen molar-refractivity contribution in [3.63, 3.8) is 0 Å². The summed E-state index contributed by atoms with van der Waals surface area (Å²) >= 11 is 0. The summed E-state index contributed by atoms with van der Waals surface area (Å²) < 4.78 is 0. The minimum atomic E-state index is -0.684. The van der Waals surface area contributed by atoms with Crippen LogP contribution in [-0.4, -0.2) is 16.1 Å². The van der Waals surface area contributed by atoms with E-state index < -0.39 is 5.97 Å². The third kappa shape index (κ3) is 1.18. The Morgan fingerprint density at radius 3 is 2.67 bits per heavy atom. The van der Waals surface area contributed by atoms with Crippen molar-refractivity contribution in [1.82, 2.24) is 4.98 Å². The van der Waals surface area contributed by atoms with E-state index >= 15 is 0 Å². The Labute approximate surface area is 70.1 Å². The summed E-state index contributed by atoms with van der Waals surface area (Å²) in [5.74, 6) is -0.616. The predicted octanol–water partition coefficient (Wildman–Crippen LogP) is 1.27. The number of pyridine rings is 1. The molecule has 0 radical (unpaired) electrons. The molecular formula is C9H9NO2. The molecule has 2 atom stereocenters. The summed E-state index contributed by atoms with van der Waals surface area (Å²) in [6.45, 7) is 0. The standard InChI is InChI=1S/C9H9NO2/c11-9(12)8-5-7(8)6-1-3-10-4-2-6/h1-4,7-8H,5H2,(H,11,12)/t7?,8-/m0/s1. The summed E-state index contributed by atoms with van der Waals surface area (Å²) in [6, 6.07) is 3.77. The Bertz CT molecular complexity index is 297. The van der Waals surface area contributed by atoms with Crippen LogP contribution in [0.3, 0.4) is 0 Å². The summed E-state index contributed by atoms with van der Waals surface area (Å²) in [6.07, 6.45) is 4.18. The molecule has 1 aliphatic carbocycles. The maximum Gasteiger partial charge on any atom is 0.307 e. The van der Waals surface area contributed by atoms with E-state index in [1.165, 1.54) is 0 Å². The van der Waals surface area contributed by atoms with Crippen molar-refractivity contribution >= 4 is 5.97 Å². The molecule has 0 amide bonds. The molecule has 1 fully saturated rings. The highest BCUT2D eigenvalue weighted by molar-refractivity contribution is 5.75. The first kappa shape index (κ1) is 7.28. The van der Waals surface area contributed by atoms with Crippen LogP contribution in [0.4, 0.5) is 0 Å². The first-order valence-electron chi connectivity index (χ1n) is 3.92. The number of aromatic nitrogens is 1. The highest BCUT2D eigenvalue weighted by Gasteiger charge is 2.43. The zero-order chi connectivity index (χ0) is 8.55. The summed E-state index contributed by atoms with van der Waals surface area (Å²) in [4.78, 5) is 14.4. The first-order valence-corrected chi connectivity index (χ1v) is 3.92. The molecule has 0 aliphatic heterocycles. The molecule has 0 aromatic carbocycles. The van der Waals surface area contributed by atoms with Gasteiger partial charge in [0.15, 0.2) is 0 Å². The normalized spacial score (nSPS) is 26.7. The van der Waals surface area contributed by atoms with Gasteiger partial charge in [0.25, 0.3) is 0 Å². The molecule has 62 valence electrons. The second-order valence-electron chi connectivity index (χ2n) is 3.07. The molecule has 3 nitrogen and oxygen atoms in total. The van der Waals surface area contributed by atoms with Gasteiger partial charge in [0, 0.05) is 12.4 Å². The third-order valence-corrected chi connectivity index (χ3v) is 2.24. The predicted molar refractivity (Wildman–Crippen MR) is 42.7 cm³/mol. The topological polar surface area (TPSA) is 50.2 Å². The molecule has 1 heterocycles. The van der Waals surface area contributed by atoms with Crippen LogP contribution in [0.15, 0.2) is 24.5 Å². The van der Waals surface area contributed by atoms with Crippen molar-refractivity contribution in [3.8, 4) is 0 Å². The quantitative estimate of drug-likeness (QED) is 0.714. The van der Waals surface area contributed by atoms with E-state index in [-0.39, 0.29) is 11.8 Å². The summed E-state index contributed by atoms with van der Waals surface area (Å²) in [7, 11) is 0. The van der Waals surface area contributed by atoms with E-state index in [4.69, 9.17) is 5.11 Å². The lowest BCUT2D eigenvalue weighted by molar-refractivity contribution is -0.138. The van der Waals surface area contributed by atoms with Crippen LogP contribution in [0.25, 0.3) is 0 Å². The molecule has 1 aromatic rings. The summed E-state index contributed by atoms with van der Waals surface area (Å²) in [5.41, 5.74) is 1.09. The number of carboxylic acids is 1. The van der Waals surface area contributed by atoms with Crippen molar-refractivity contribution in [1.29, 1.82) is 0 Å². The van der Waals surface area contributed by atoms with Gasteiger partial charge in [-0.25, -0.2) is 0 Å². The highest BCUT2D eigenvalue weighted by atomic mass is 16.4. The number of hydrogen-bond donors (Lipinski definition) is 1. The lowest BCUT2D eigenvalue weighted by atomic mass is 10.1. The van der Waals surface area contributed by atoms with Gasteiger partial charge in [-0.3, -0.25) is 9.78 Å². The smallest absolute Gasteiger partial charge is 0.307 e. The molecule has 0 bridgehead atoms. The third-order valence-electron chi connectivity index (χ3n) is 2.24. The number of carbonyl (C=O) groups is 1. The lowest BCUT2D eigenvalue weighted by Gasteiger charge is -1.95. The molecule has 1 saturated carbocycles. The fourth-order valence-corrected chi connectivity index (χ4v) is 1.45. The molecule has 1 N–H and O–H groups in total. The molecule has 2 rings (SSSR count). The average Bonchev–Trinajstić information content (AvgIpc) is 2.84. The van der Waals surface area contributed by atoms with E-state index in [2.05, 4.69) is 4.98 Å². The number of nitrogens with zero attached hydrogens (tertiary/aromatic N) is 1.